The second-order valence-corrected chi connectivity index (χ2v) is 6.53. The highest BCUT2D eigenvalue weighted by molar-refractivity contribution is 5.77. The van der Waals surface area contributed by atoms with Gasteiger partial charge in [-0.1, -0.05) is 12.1 Å². The molecule has 1 amide bonds. The molecule has 0 unspecified atom stereocenters. The number of methoxy groups -OCH3 is 1. The second kappa shape index (κ2) is 7.59. The maximum Gasteiger partial charge on any atom is 0.325 e. The lowest BCUT2D eigenvalue weighted by Crippen LogP contribution is -2.32. The van der Waals surface area contributed by atoms with Gasteiger partial charge in [-0.05, 0) is 43.9 Å². The average Bonchev–Trinajstić information content (AvgIpc) is 3.10. The zero-order valence-electron chi connectivity index (χ0n) is 15.0. The molecule has 1 aromatic heterocycles. The Morgan fingerprint density at radius 2 is 1.96 bits per heavy atom. The van der Waals surface area contributed by atoms with Crippen molar-refractivity contribution in [2.24, 2.45) is 0 Å². The van der Waals surface area contributed by atoms with E-state index >= 15 is 0 Å². The van der Waals surface area contributed by atoms with Crippen LogP contribution in [0.15, 0.2) is 33.9 Å². The number of hydrogen-bond acceptors (Lipinski definition) is 4. The van der Waals surface area contributed by atoms with Gasteiger partial charge < -0.3 is 14.6 Å². The molecular weight excluding hydrogens is 334 g/mol. The summed E-state index contributed by atoms with van der Waals surface area (Å²) in [4.78, 5) is 42.6. The van der Waals surface area contributed by atoms with Gasteiger partial charge in [0.25, 0.3) is 5.56 Å². The second-order valence-electron chi connectivity index (χ2n) is 6.53. The number of H-pyrrole nitrogens is 2. The Morgan fingerprint density at radius 3 is 2.62 bits per heavy atom. The summed E-state index contributed by atoms with van der Waals surface area (Å²) in [5, 5.41) is 0. The summed E-state index contributed by atoms with van der Waals surface area (Å²) in [6, 6.07) is 7.85. The van der Waals surface area contributed by atoms with Gasteiger partial charge in [0.05, 0.1) is 13.2 Å². The minimum Gasteiger partial charge on any atom is -0.497 e. The quantitative estimate of drug-likeness (QED) is 0.851. The van der Waals surface area contributed by atoms with Crippen molar-refractivity contribution >= 4 is 5.91 Å². The number of hydrogen-bond donors (Lipinski definition) is 2. The minimum atomic E-state index is -0.526. The van der Waals surface area contributed by atoms with Crippen LogP contribution in [-0.2, 0) is 11.2 Å². The smallest absolute Gasteiger partial charge is 0.325 e. The van der Waals surface area contributed by atoms with Crippen molar-refractivity contribution in [3.63, 3.8) is 0 Å². The molecule has 2 aromatic rings. The van der Waals surface area contributed by atoms with E-state index in [4.69, 9.17) is 4.74 Å². The van der Waals surface area contributed by atoms with Gasteiger partial charge in [-0.15, -0.1) is 0 Å². The SMILES string of the molecule is COc1ccc([C@@H]2CCCN2C(=O)CCc2c(C)[nH]c(=O)[nH]c2=O)cc1. The Kier molecular flexibility index (Phi) is 5.25. The van der Waals surface area contributed by atoms with Crippen molar-refractivity contribution in [1.29, 1.82) is 0 Å². The molecule has 7 heteroatoms. The molecule has 0 aliphatic carbocycles. The fraction of sp³-hybridized carbons (Fsp3) is 0.421. The van der Waals surface area contributed by atoms with Crippen LogP contribution in [0.4, 0.5) is 0 Å². The number of amides is 1. The number of aromatic nitrogens is 2. The number of ether oxygens (including phenoxy) is 1. The van der Waals surface area contributed by atoms with Gasteiger partial charge in [-0.2, -0.15) is 0 Å². The molecule has 1 aromatic carbocycles. The fourth-order valence-electron chi connectivity index (χ4n) is 3.54. The molecule has 2 N–H and O–H groups in total. The van der Waals surface area contributed by atoms with E-state index in [9.17, 15) is 14.4 Å². The third kappa shape index (κ3) is 3.71. The molecule has 0 spiro atoms. The van der Waals surface area contributed by atoms with Crippen LogP contribution in [0, 0.1) is 6.92 Å². The molecule has 26 heavy (non-hydrogen) atoms. The Balaban J connectivity index is 1.70. The van der Waals surface area contributed by atoms with Crippen LogP contribution in [0.25, 0.3) is 0 Å². The molecule has 0 saturated carbocycles. The molecule has 1 fully saturated rings. The molecule has 1 aliphatic heterocycles. The highest BCUT2D eigenvalue weighted by atomic mass is 16.5. The summed E-state index contributed by atoms with van der Waals surface area (Å²) >= 11 is 0. The molecule has 138 valence electrons. The van der Waals surface area contributed by atoms with E-state index in [2.05, 4.69) is 9.97 Å². The number of nitrogens with zero attached hydrogens (tertiary/aromatic N) is 1. The van der Waals surface area contributed by atoms with Crippen molar-refractivity contribution in [2.45, 2.75) is 38.6 Å². The number of rotatable bonds is 5. The molecule has 0 bridgehead atoms. The van der Waals surface area contributed by atoms with Gasteiger partial charge in [0.15, 0.2) is 0 Å². The number of benzene rings is 1. The zero-order chi connectivity index (χ0) is 18.7. The highest BCUT2D eigenvalue weighted by Gasteiger charge is 2.29. The number of aryl methyl sites for hydroxylation is 1. The molecule has 3 rings (SSSR count). The summed E-state index contributed by atoms with van der Waals surface area (Å²) in [5.41, 5.74) is 1.11. The normalized spacial score (nSPS) is 16.7. The first-order chi connectivity index (χ1) is 12.5. The topological polar surface area (TPSA) is 95.3 Å². The molecule has 1 atom stereocenters. The van der Waals surface area contributed by atoms with Crippen LogP contribution < -0.4 is 16.0 Å². The lowest BCUT2D eigenvalue weighted by molar-refractivity contribution is -0.132. The van der Waals surface area contributed by atoms with Gasteiger partial charge in [-0.25, -0.2) is 4.79 Å². The van der Waals surface area contributed by atoms with Crippen LogP contribution in [-0.4, -0.2) is 34.4 Å². The maximum absolute atomic E-state index is 12.7. The van der Waals surface area contributed by atoms with Crippen LogP contribution >= 0.6 is 0 Å². The number of likely N-dealkylation sites (tertiary alicyclic amines) is 1. The molecular formula is C19H23N3O4. The average molecular weight is 357 g/mol. The Hall–Kier alpha value is -2.83. The van der Waals surface area contributed by atoms with E-state index in [1.54, 1.807) is 14.0 Å². The first-order valence-corrected chi connectivity index (χ1v) is 8.75. The minimum absolute atomic E-state index is 0.0216. The van der Waals surface area contributed by atoms with Gasteiger partial charge in [0.1, 0.15) is 5.75 Å². The van der Waals surface area contributed by atoms with Crippen LogP contribution in [0.5, 0.6) is 5.75 Å². The number of nitrogens with one attached hydrogen (secondary N) is 2. The first kappa shape index (κ1) is 18.0. The summed E-state index contributed by atoms with van der Waals surface area (Å²) in [7, 11) is 1.63. The van der Waals surface area contributed by atoms with Gasteiger partial charge in [0, 0.05) is 24.2 Å². The van der Waals surface area contributed by atoms with Gasteiger partial charge >= 0.3 is 5.69 Å². The standard InChI is InChI=1S/C19H23N3O4/c1-12-15(18(24)21-19(25)20-12)9-10-17(23)22-11-3-4-16(22)13-5-7-14(26-2)8-6-13/h5-8,16H,3-4,9-11H2,1-2H3,(H2,20,21,24,25)/t16-/m0/s1. The summed E-state index contributed by atoms with van der Waals surface area (Å²) in [5.74, 6) is 0.811. The molecule has 7 nitrogen and oxygen atoms in total. The summed E-state index contributed by atoms with van der Waals surface area (Å²) in [6.45, 7) is 2.39. The fourth-order valence-corrected chi connectivity index (χ4v) is 3.54. The number of aromatic amines is 2. The molecule has 0 radical (unpaired) electrons. The lowest BCUT2D eigenvalue weighted by atomic mass is 10.0. The van der Waals surface area contributed by atoms with Crippen molar-refractivity contribution in [3.05, 3.63) is 61.9 Å². The summed E-state index contributed by atoms with van der Waals surface area (Å²) < 4.78 is 5.19. The first-order valence-electron chi connectivity index (χ1n) is 8.75. The van der Waals surface area contributed by atoms with Crippen LogP contribution in [0.3, 0.4) is 0 Å². The van der Waals surface area contributed by atoms with Crippen molar-refractivity contribution in [3.8, 4) is 5.75 Å². The van der Waals surface area contributed by atoms with Crippen molar-refractivity contribution in [2.75, 3.05) is 13.7 Å². The monoisotopic (exact) mass is 357 g/mol. The van der Waals surface area contributed by atoms with Crippen molar-refractivity contribution < 1.29 is 9.53 Å². The van der Waals surface area contributed by atoms with E-state index in [1.807, 2.05) is 29.2 Å². The van der Waals surface area contributed by atoms with E-state index in [1.165, 1.54) is 0 Å². The largest absolute Gasteiger partial charge is 0.497 e. The predicted octanol–water partition coefficient (Wildman–Crippen LogP) is 1.68. The zero-order valence-corrected chi connectivity index (χ0v) is 15.0. The van der Waals surface area contributed by atoms with Crippen LogP contribution in [0.1, 0.15) is 42.1 Å². The van der Waals surface area contributed by atoms with Crippen LogP contribution in [0.2, 0.25) is 0 Å². The Morgan fingerprint density at radius 1 is 1.23 bits per heavy atom. The molecule has 1 saturated heterocycles. The van der Waals surface area contributed by atoms with E-state index in [0.717, 1.165) is 30.7 Å². The third-order valence-electron chi connectivity index (χ3n) is 4.92. The Labute approximate surface area is 151 Å². The van der Waals surface area contributed by atoms with E-state index in [-0.39, 0.29) is 18.4 Å². The summed E-state index contributed by atoms with van der Waals surface area (Å²) in [6.07, 6.45) is 2.43. The van der Waals surface area contributed by atoms with Gasteiger partial charge in [-0.3, -0.25) is 14.6 Å². The lowest BCUT2D eigenvalue weighted by Gasteiger charge is -2.25. The predicted molar refractivity (Wildman–Crippen MR) is 97.4 cm³/mol. The third-order valence-corrected chi connectivity index (χ3v) is 4.92. The highest BCUT2D eigenvalue weighted by Crippen LogP contribution is 2.33. The molecule has 2 heterocycles. The van der Waals surface area contributed by atoms with Crippen molar-refractivity contribution in [1.82, 2.24) is 14.9 Å². The maximum atomic E-state index is 12.7. The Bertz CT molecular complexity index is 898. The molecule has 1 aliphatic rings. The van der Waals surface area contributed by atoms with E-state index in [0.29, 0.717) is 17.7 Å². The van der Waals surface area contributed by atoms with Gasteiger partial charge in [0.2, 0.25) is 5.91 Å². The van der Waals surface area contributed by atoms with E-state index < -0.39 is 11.2 Å². The number of carbonyl (C=O) groups excluding carboxylic acids is 1. The number of carbonyl (C=O) groups is 1.